The molecule has 11 heteroatoms. The summed E-state index contributed by atoms with van der Waals surface area (Å²) in [6, 6.07) is -4.11. The molecule has 0 aromatic carbocycles. The number of aliphatic carboxylic acids is 2. The van der Waals surface area contributed by atoms with Gasteiger partial charge in [0.2, 0.25) is 17.7 Å². The number of hydrogen-bond donors (Lipinski definition) is 6. The normalized spacial score (nSPS) is 19.1. The molecule has 4 unspecified atom stereocenters. The maximum atomic E-state index is 12.7. The topological polar surface area (TPSA) is 174 Å². The monoisotopic (exact) mass is 428 g/mol. The van der Waals surface area contributed by atoms with Gasteiger partial charge in [-0.1, -0.05) is 27.7 Å². The maximum absolute atomic E-state index is 12.7. The number of amides is 3. The number of carboxylic acid groups (broad SMARTS) is 2. The van der Waals surface area contributed by atoms with Gasteiger partial charge in [-0.25, -0.2) is 4.79 Å². The Balaban J connectivity index is 2.90. The van der Waals surface area contributed by atoms with Gasteiger partial charge in [-0.05, 0) is 31.2 Å². The van der Waals surface area contributed by atoms with Gasteiger partial charge in [0, 0.05) is 0 Å². The Labute approximate surface area is 175 Å². The largest absolute Gasteiger partial charge is 0.481 e. The van der Waals surface area contributed by atoms with E-state index in [1.54, 1.807) is 27.7 Å². The average Bonchev–Trinajstić information content (AvgIpc) is 3.16. The Hall–Kier alpha value is -2.69. The van der Waals surface area contributed by atoms with Gasteiger partial charge in [-0.2, -0.15) is 0 Å². The molecule has 0 aliphatic carbocycles. The van der Waals surface area contributed by atoms with Crippen LogP contribution in [0.2, 0.25) is 0 Å². The van der Waals surface area contributed by atoms with Crippen LogP contribution < -0.4 is 21.3 Å². The number of carboxylic acids is 2. The molecule has 30 heavy (non-hydrogen) atoms. The van der Waals surface area contributed by atoms with Crippen molar-refractivity contribution in [2.24, 2.45) is 11.8 Å². The predicted molar refractivity (Wildman–Crippen MR) is 106 cm³/mol. The molecular formula is C19H32N4O7. The van der Waals surface area contributed by atoms with E-state index in [-0.39, 0.29) is 11.8 Å². The van der Waals surface area contributed by atoms with Crippen molar-refractivity contribution in [1.29, 1.82) is 0 Å². The minimum absolute atomic E-state index is 0.327. The van der Waals surface area contributed by atoms with E-state index in [0.717, 1.165) is 6.42 Å². The molecule has 0 saturated carbocycles. The van der Waals surface area contributed by atoms with Crippen molar-refractivity contribution >= 4 is 29.7 Å². The molecule has 1 rings (SSSR count). The molecule has 3 amide bonds. The highest BCUT2D eigenvalue weighted by molar-refractivity contribution is 5.95. The first-order valence-corrected chi connectivity index (χ1v) is 10.0. The number of nitrogens with one attached hydrogen (secondary N) is 4. The van der Waals surface area contributed by atoms with Crippen molar-refractivity contribution in [3.05, 3.63) is 0 Å². The number of rotatable bonds is 11. The van der Waals surface area contributed by atoms with Crippen molar-refractivity contribution in [3.8, 4) is 0 Å². The SMILES string of the molecule is CC(C)C(NC(=O)C(CC(=O)O)NC(=O)C(NC(=O)C1CCCN1)C(C)C)C(=O)O. The van der Waals surface area contributed by atoms with E-state index in [4.69, 9.17) is 5.11 Å². The number of hydrogen-bond acceptors (Lipinski definition) is 6. The lowest BCUT2D eigenvalue weighted by atomic mass is 10.0. The van der Waals surface area contributed by atoms with Crippen molar-refractivity contribution in [1.82, 2.24) is 21.3 Å². The van der Waals surface area contributed by atoms with Crippen LogP contribution in [0.5, 0.6) is 0 Å². The molecule has 11 nitrogen and oxygen atoms in total. The van der Waals surface area contributed by atoms with E-state index >= 15 is 0 Å². The highest BCUT2D eigenvalue weighted by Crippen LogP contribution is 2.09. The Kier molecular flexibility index (Phi) is 9.70. The molecule has 1 saturated heterocycles. The fourth-order valence-corrected chi connectivity index (χ4v) is 3.11. The maximum Gasteiger partial charge on any atom is 0.326 e. The summed E-state index contributed by atoms with van der Waals surface area (Å²) >= 11 is 0. The standard InChI is InChI=1S/C19H32N4O7/c1-9(2)14(22-16(26)11-6-5-7-20-11)18(28)21-12(8-13(24)25)17(27)23-15(10(3)4)19(29)30/h9-12,14-15,20H,5-8H2,1-4H3,(H,21,28)(H,22,26)(H,23,27)(H,24,25)(H,29,30). The van der Waals surface area contributed by atoms with E-state index in [0.29, 0.717) is 13.0 Å². The molecule has 0 spiro atoms. The smallest absolute Gasteiger partial charge is 0.326 e. The van der Waals surface area contributed by atoms with Crippen molar-refractivity contribution in [3.63, 3.8) is 0 Å². The van der Waals surface area contributed by atoms with Gasteiger partial charge in [0.05, 0.1) is 12.5 Å². The zero-order valence-electron chi connectivity index (χ0n) is 17.7. The zero-order valence-corrected chi connectivity index (χ0v) is 17.7. The van der Waals surface area contributed by atoms with E-state index < -0.39 is 60.3 Å². The third-order valence-corrected chi connectivity index (χ3v) is 4.87. The Morgan fingerprint density at radius 3 is 1.93 bits per heavy atom. The van der Waals surface area contributed by atoms with Crippen LogP contribution in [0.25, 0.3) is 0 Å². The van der Waals surface area contributed by atoms with Gasteiger partial charge in [0.1, 0.15) is 18.1 Å². The fraction of sp³-hybridized carbons (Fsp3) is 0.737. The van der Waals surface area contributed by atoms with E-state index in [9.17, 15) is 29.1 Å². The highest BCUT2D eigenvalue weighted by Gasteiger charge is 2.34. The van der Waals surface area contributed by atoms with Crippen molar-refractivity contribution < 1.29 is 34.2 Å². The third kappa shape index (κ3) is 7.62. The molecule has 1 aliphatic rings. The van der Waals surface area contributed by atoms with E-state index in [1.807, 2.05) is 0 Å². The van der Waals surface area contributed by atoms with Gasteiger partial charge in [-0.3, -0.25) is 19.2 Å². The Bertz CT molecular complexity index is 659. The molecular weight excluding hydrogens is 396 g/mol. The summed E-state index contributed by atoms with van der Waals surface area (Å²) in [5.41, 5.74) is 0. The van der Waals surface area contributed by atoms with E-state index in [1.165, 1.54) is 0 Å². The second-order valence-electron chi connectivity index (χ2n) is 8.11. The zero-order chi connectivity index (χ0) is 23.0. The summed E-state index contributed by atoms with van der Waals surface area (Å²) in [6.07, 6.45) is 0.761. The van der Waals surface area contributed by atoms with Gasteiger partial charge in [0.25, 0.3) is 0 Å². The lowest BCUT2D eigenvalue weighted by molar-refractivity contribution is -0.144. The third-order valence-electron chi connectivity index (χ3n) is 4.87. The quantitative estimate of drug-likeness (QED) is 0.245. The van der Waals surface area contributed by atoms with Crippen molar-refractivity contribution in [2.75, 3.05) is 6.54 Å². The van der Waals surface area contributed by atoms with Crippen LogP contribution in [0.1, 0.15) is 47.0 Å². The van der Waals surface area contributed by atoms with Gasteiger partial charge < -0.3 is 31.5 Å². The summed E-state index contributed by atoms with van der Waals surface area (Å²) in [5.74, 6) is -5.36. The first-order chi connectivity index (χ1) is 13.9. The predicted octanol–water partition coefficient (Wildman–Crippen LogP) is -0.936. The Morgan fingerprint density at radius 1 is 0.900 bits per heavy atom. The van der Waals surface area contributed by atoms with Gasteiger partial charge in [0.15, 0.2) is 0 Å². The molecule has 0 bridgehead atoms. The Morgan fingerprint density at radius 2 is 1.50 bits per heavy atom. The molecule has 0 aromatic rings. The molecule has 170 valence electrons. The first kappa shape index (κ1) is 25.3. The lowest BCUT2D eigenvalue weighted by Crippen LogP contribution is -2.59. The van der Waals surface area contributed by atoms with Crippen LogP contribution in [-0.2, 0) is 24.0 Å². The van der Waals surface area contributed by atoms with Gasteiger partial charge in [-0.15, -0.1) is 0 Å². The molecule has 0 aromatic heterocycles. The number of carbonyl (C=O) groups is 5. The van der Waals surface area contributed by atoms with Crippen LogP contribution in [-0.4, -0.2) is 70.6 Å². The minimum Gasteiger partial charge on any atom is -0.481 e. The molecule has 1 fully saturated rings. The molecule has 0 radical (unpaired) electrons. The van der Waals surface area contributed by atoms with Crippen molar-refractivity contribution in [2.45, 2.75) is 71.1 Å². The van der Waals surface area contributed by atoms with E-state index in [2.05, 4.69) is 21.3 Å². The molecule has 1 heterocycles. The van der Waals surface area contributed by atoms with Gasteiger partial charge >= 0.3 is 11.9 Å². The molecule has 4 atom stereocenters. The fourth-order valence-electron chi connectivity index (χ4n) is 3.11. The summed E-state index contributed by atoms with van der Waals surface area (Å²) in [6.45, 7) is 7.30. The van der Waals surface area contributed by atoms with Crippen LogP contribution >= 0.6 is 0 Å². The second-order valence-corrected chi connectivity index (χ2v) is 8.11. The van der Waals surface area contributed by atoms with Crippen LogP contribution in [0.15, 0.2) is 0 Å². The summed E-state index contributed by atoms with van der Waals surface area (Å²) in [7, 11) is 0. The first-order valence-electron chi connectivity index (χ1n) is 10.0. The van der Waals surface area contributed by atoms with Crippen LogP contribution in [0.4, 0.5) is 0 Å². The average molecular weight is 428 g/mol. The summed E-state index contributed by atoms with van der Waals surface area (Å²) in [4.78, 5) is 60.1. The van der Waals surface area contributed by atoms with Crippen LogP contribution in [0.3, 0.4) is 0 Å². The number of carbonyl (C=O) groups excluding carboxylic acids is 3. The highest BCUT2D eigenvalue weighted by atomic mass is 16.4. The minimum atomic E-state index is -1.49. The summed E-state index contributed by atoms with van der Waals surface area (Å²) < 4.78 is 0. The molecule has 6 N–H and O–H groups in total. The second kappa shape index (κ2) is 11.5. The lowest BCUT2D eigenvalue weighted by Gasteiger charge is -2.27. The summed E-state index contributed by atoms with van der Waals surface area (Å²) in [5, 5.41) is 28.6. The van der Waals surface area contributed by atoms with Crippen LogP contribution in [0, 0.1) is 11.8 Å². The molecule has 1 aliphatic heterocycles.